The molecule has 5 rings (SSSR count). The molecule has 218 valence electrons. The van der Waals surface area contributed by atoms with Crippen LogP contribution in [0.3, 0.4) is 0 Å². The normalized spacial score (nSPS) is 49.2. The molecule has 5 aliphatic carbocycles. The molecule has 2 N–H and O–H groups in total. The molecule has 0 aromatic heterocycles. The van der Waals surface area contributed by atoms with E-state index in [4.69, 9.17) is 4.74 Å². The zero-order valence-corrected chi connectivity index (χ0v) is 25.5. The predicted octanol–water partition coefficient (Wildman–Crippen LogP) is 6.27. The van der Waals surface area contributed by atoms with Crippen LogP contribution in [-0.2, 0) is 14.3 Å². The summed E-state index contributed by atoms with van der Waals surface area (Å²) in [4.78, 5) is 27.3. The molecule has 12 atom stereocenters. The van der Waals surface area contributed by atoms with Crippen LogP contribution in [0.25, 0.3) is 0 Å². The van der Waals surface area contributed by atoms with E-state index in [0.29, 0.717) is 17.9 Å². The van der Waals surface area contributed by atoms with Crippen molar-refractivity contribution in [3.05, 3.63) is 23.3 Å². The van der Waals surface area contributed by atoms with Gasteiger partial charge in [0.25, 0.3) is 0 Å². The molecule has 5 heteroatoms. The van der Waals surface area contributed by atoms with E-state index < -0.39 is 34.7 Å². The molecule has 0 aliphatic heterocycles. The first-order chi connectivity index (χ1) is 18.2. The highest BCUT2D eigenvalue weighted by Gasteiger charge is 2.75. The summed E-state index contributed by atoms with van der Waals surface area (Å²) in [6.45, 7) is 16.6. The van der Waals surface area contributed by atoms with Crippen LogP contribution >= 0.6 is 0 Å². The summed E-state index contributed by atoms with van der Waals surface area (Å²) in [6.07, 6.45) is 9.41. The van der Waals surface area contributed by atoms with Crippen LogP contribution in [0.15, 0.2) is 23.3 Å². The maximum Gasteiger partial charge on any atom is 0.173 e. The van der Waals surface area contributed by atoms with E-state index in [1.54, 1.807) is 0 Å². The minimum Gasteiger partial charge on any atom is -0.392 e. The maximum atomic E-state index is 14.5. The molecule has 12 unspecified atom stereocenters. The second-order valence-electron chi connectivity index (χ2n) is 14.9. The molecule has 0 aromatic rings. The second-order valence-corrected chi connectivity index (χ2v) is 14.9. The zero-order chi connectivity index (χ0) is 28.7. The van der Waals surface area contributed by atoms with Crippen molar-refractivity contribution in [1.82, 2.24) is 0 Å². The van der Waals surface area contributed by atoms with Gasteiger partial charge in [-0.05, 0) is 75.0 Å². The molecule has 0 amide bonds. The van der Waals surface area contributed by atoms with E-state index in [2.05, 4.69) is 46.8 Å². The summed E-state index contributed by atoms with van der Waals surface area (Å²) in [5.74, 6) is 0.361. The number of carbonyl (C=O) groups excluding carboxylic acids is 2. The van der Waals surface area contributed by atoms with Gasteiger partial charge in [0.15, 0.2) is 17.9 Å². The Morgan fingerprint density at radius 3 is 2.33 bits per heavy atom. The lowest BCUT2D eigenvalue weighted by Gasteiger charge is -2.72. The Morgan fingerprint density at radius 2 is 1.72 bits per heavy atom. The molecule has 3 saturated carbocycles. The number of fused-ring (bicyclic) bond motifs is 3. The van der Waals surface area contributed by atoms with Crippen molar-refractivity contribution in [3.63, 3.8) is 0 Å². The van der Waals surface area contributed by atoms with E-state index in [1.807, 2.05) is 13.8 Å². The van der Waals surface area contributed by atoms with Gasteiger partial charge in [-0.15, -0.1) is 0 Å². The molecule has 0 bridgehead atoms. The lowest BCUT2D eigenvalue weighted by atomic mass is 9.33. The van der Waals surface area contributed by atoms with E-state index in [0.717, 1.165) is 37.7 Å². The predicted molar refractivity (Wildman–Crippen MR) is 153 cm³/mol. The lowest BCUT2D eigenvalue weighted by molar-refractivity contribution is -0.325. The molecule has 5 nitrogen and oxygen atoms in total. The van der Waals surface area contributed by atoms with Gasteiger partial charge < -0.3 is 14.9 Å². The third kappa shape index (κ3) is 3.88. The summed E-state index contributed by atoms with van der Waals surface area (Å²) < 4.78 is 6.97. The van der Waals surface area contributed by atoms with Gasteiger partial charge >= 0.3 is 0 Å². The van der Waals surface area contributed by atoms with Gasteiger partial charge in [0.1, 0.15) is 0 Å². The van der Waals surface area contributed by atoms with Gasteiger partial charge in [-0.3, -0.25) is 9.59 Å². The molecule has 0 spiro atoms. The number of aliphatic hydroxyl groups is 2. The summed E-state index contributed by atoms with van der Waals surface area (Å²) in [5, 5.41) is 23.9. The highest BCUT2D eigenvalue weighted by atomic mass is 16.6. The lowest BCUT2D eigenvalue weighted by Crippen LogP contribution is -2.75. The fourth-order valence-electron chi connectivity index (χ4n) is 10.9. The standard InChI is InChI=1S/C34H52O5/c1-18-13-12-16-24-20(3)33(7)27(28(36)26(18)24)21(4)34(8)29(37)25(22(5)35)19(2)17-32(34,6)31(33)39-30(38)23-14-10-9-11-15-23/h12-13,18,20-21,23-24,26-28,30-31,36,38H,9-11,14-17H2,1-8H3. The molecule has 5 aliphatic rings. The van der Waals surface area contributed by atoms with E-state index in [-0.39, 0.29) is 47.1 Å². The molecule has 0 radical (unpaired) electrons. The van der Waals surface area contributed by atoms with Crippen LogP contribution < -0.4 is 0 Å². The topological polar surface area (TPSA) is 83.8 Å². The third-order valence-electron chi connectivity index (χ3n) is 13.3. The Bertz CT molecular complexity index is 1070. The van der Waals surface area contributed by atoms with Crippen LogP contribution in [0.1, 0.15) is 100 Å². The number of rotatable bonds is 4. The van der Waals surface area contributed by atoms with Crippen molar-refractivity contribution in [2.75, 3.05) is 0 Å². The van der Waals surface area contributed by atoms with Gasteiger partial charge in [-0.1, -0.05) is 78.5 Å². The number of allylic oxidation sites excluding steroid dienone is 4. The fraction of sp³-hybridized carbons (Fsp3) is 0.824. The molecular formula is C34H52O5. The number of Topliss-reactive ketones (excluding diaryl/α,β-unsaturated/α-hetero) is 2. The number of hydrogen-bond donors (Lipinski definition) is 2. The minimum absolute atomic E-state index is 0.0907. The summed E-state index contributed by atoms with van der Waals surface area (Å²) >= 11 is 0. The quantitative estimate of drug-likeness (QED) is 0.249. The largest absolute Gasteiger partial charge is 0.392 e. The summed E-state index contributed by atoms with van der Waals surface area (Å²) in [7, 11) is 0. The number of ketones is 2. The maximum absolute atomic E-state index is 14.5. The number of aliphatic hydroxyl groups excluding tert-OH is 2. The summed E-state index contributed by atoms with van der Waals surface area (Å²) in [6, 6.07) is 0. The van der Waals surface area contributed by atoms with Gasteiger partial charge in [-0.25, -0.2) is 0 Å². The third-order valence-corrected chi connectivity index (χ3v) is 13.3. The van der Waals surface area contributed by atoms with Crippen LogP contribution in [0.5, 0.6) is 0 Å². The van der Waals surface area contributed by atoms with Crippen LogP contribution in [-0.4, -0.2) is 40.3 Å². The molecule has 0 aromatic carbocycles. The van der Waals surface area contributed by atoms with Crippen molar-refractivity contribution in [3.8, 4) is 0 Å². The Hall–Kier alpha value is -1.30. The van der Waals surface area contributed by atoms with Crippen molar-refractivity contribution in [1.29, 1.82) is 0 Å². The van der Waals surface area contributed by atoms with E-state index in [1.165, 1.54) is 13.3 Å². The SMILES string of the molecule is CC(=O)C1=C(C)CC2(C)C(OC(O)C3CCCCC3)C3(C)C(C)C4CC=CC(C)C4C(O)C3C(C)C2(C)C1=O. The van der Waals surface area contributed by atoms with Crippen molar-refractivity contribution < 1.29 is 24.5 Å². The van der Waals surface area contributed by atoms with Crippen molar-refractivity contribution in [2.24, 2.45) is 57.7 Å². The smallest absolute Gasteiger partial charge is 0.173 e. The van der Waals surface area contributed by atoms with Crippen LogP contribution in [0.4, 0.5) is 0 Å². The second kappa shape index (κ2) is 9.91. The highest BCUT2D eigenvalue weighted by Crippen LogP contribution is 2.72. The van der Waals surface area contributed by atoms with Crippen molar-refractivity contribution in [2.45, 2.75) is 119 Å². The molecule has 3 fully saturated rings. The number of hydrogen-bond acceptors (Lipinski definition) is 5. The Labute approximate surface area is 235 Å². The molecule has 0 heterocycles. The van der Waals surface area contributed by atoms with Gasteiger partial charge in [0.05, 0.1) is 17.8 Å². The average molecular weight is 541 g/mol. The van der Waals surface area contributed by atoms with Gasteiger partial charge in [0.2, 0.25) is 0 Å². The van der Waals surface area contributed by atoms with Gasteiger partial charge in [0, 0.05) is 22.2 Å². The van der Waals surface area contributed by atoms with Gasteiger partial charge in [-0.2, -0.15) is 0 Å². The Kier molecular flexibility index (Phi) is 7.42. The summed E-state index contributed by atoms with van der Waals surface area (Å²) in [5.41, 5.74) is -0.829. The zero-order valence-electron chi connectivity index (χ0n) is 25.5. The highest BCUT2D eigenvalue weighted by molar-refractivity contribution is 6.22. The van der Waals surface area contributed by atoms with Crippen LogP contribution in [0.2, 0.25) is 0 Å². The van der Waals surface area contributed by atoms with E-state index >= 15 is 0 Å². The van der Waals surface area contributed by atoms with E-state index in [9.17, 15) is 19.8 Å². The Morgan fingerprint density at radius 1 is 1.08 bits per heavy atom. The first kappa shape index (κ1) is 29.2. The molecule has 0 saturated heterocycles. The van der Waals surface area contributed by atoms with Crippen LogP contribution in [0, 0.1) is 57.7 Å². The minimum atomic E-state index is -0.907. The number of ether oxygens (including phenoxy) is 1. The first-order valence-corrected chi connectivity index (χ1v) is 15.7. The number of carbonyl (C=O) groups is 2. The van der Waals surface area contributed by atoms with Crippen molar-refractivity contribution >= 4 is 11.6 Å². The molecule has 39 heavy (non-hydrogen) atoms. The fourth-order valence-corrected chi connectivity index (χ4v) is 10.9. The molecular weight excluding hydrogens is 488 g/mol. The average Bonchev–Trinajstić information content (AvgIpc) is 2.88. The Balaban J connectivity index is 1.70. The monoisotopic (exact) mass is 540 g/mol. The first-order valence-electron chi connectivity index (χ1n) is 15.7.